The topological polar surface area (TPSA) is 175 Å². The highest BCUT2D eigenvalue weighted by Gasteiger charge is 2.38. The molecule has 2 fully saturated rings. The number of alkyl carbamates (subject to hydrolysis) is 2. The molecule has 0 radical (unpaired) electrons. The molecule has 2 aromatic heterocycles. The number of ether oxygens (including phenoxy) is 2. The van der Waals surface area contributed by atoms with Crippen LogP contribution in [0.2, 0.25) is 0 Å². The van der Waals surface area contributed by atoms with Crippen molar-refractivity contribution in [2.24, 2.45) is 0 Å². The maximum Gasteiger partial charge on any atom is 0.407 e. The van der Waals surface area contributed by atoms with Crippen molar-refractivity contribution in [3.05, 3.63) is 132 Å². The Morgan fingerprint density at radius 1 is 0.655 bits per heavy atom. The standard InChI is InChI=1S/C44H44N8O6/c1-57-43(55)49-37(29-11-5-3-6-12-29)41(53)51-23-9-15-35(51)39-45-26-34(48-39)28-19-17-27(18-20-28)31-21-22-32-33(25-31)47-40(46-32)36-16-10-24-52(36)42(54)38(50-44(56)58-2)30-13-7-4-8-14-30/h3-8,11-14,17-22,25-26,35-38H,9-10,15-16,23-24H2,1-2H3,(H,45,48)(H,46,47)(H,49,55)(H,50,56)/t35?,36-,37+,38+/m0/s1. The summed E-state index contributed by atoms with van der Waals surface area (Å²) in [6.07, 6.45) is 3.60. The fraction of sp³-hybridized carbons (Fsp3) is 0.273. The van der Waals surface area contributed by atoms with Crippen molar-refractivity contribution in [1.82, 2.24) is 40.4 Å². The molecule has 296 valence electrons. The Bertz CT molecular complexity index is 2420. The average molecular weight is 781 g/mol. The SMILES string of the molecule is COC(=O)N[C@@H](C(=O)N1CCCC1c1nc(-c2ccc(-c3ccc4nc([C@@H]5CCCN5C(=O)[C@H](NC(=O)OC)c5ccccc5)[nH]c4c3)cc2)c[nH]1)c1ccccc1. The van der Waals surface area contributed by atoms with Gasteiger partial charge in [0.05, 0.1) is 43.0 Å². The Hall–Kier alpha value is -6.96. The second-order valence-electron chi connectivity index (χ2n) is 14.4. The minimum absolute atomic E-state index is 0.219. The Morgan fingerprint density at radius 2 is 1.17 bits per heavy atom. The molecule has 2 saturated heterocycles. The van der Waals surface area contributed by atoms with Crippen LogP contribution in [0.1, 0.15) is 72.6 Å². The minimum Gasteiger partial charge on any atom is -0.453 e. The van der Waals surface area contributed by atoms with Crippen LogP contribution in [-0.4, -0.2) is 81.0 Å². The number of rotatable bonds is 10. The highest BCUT2D eigenvalue weighted by Crippen LogP contribution is 2.36. The molecule has 0 saturated carbocycles. The van der Waals surface area contributed by atoms with Crippen LogP contribution in [0, 0.1) is 0 Å². The summed E-state index contributed by atoms with van der Waals surface area (Å²) in [5.74, 6) is 0.947. The number of carbonyl (C=O) groups is 4. The van der Waals surface area contributed by atoms with E-state index in [2.05, 4.69) is 26.7 Å². The van der Waals surface area contributed by atoms with E-state index in [1.54, 1.807) is 9.80 Å². The van der Waals surface area contributed by atoms with Gasteiger partial charge in [0, 0.05) is 24.8 Å². The molecule has 0 bridgehead atoms. The molecular formula is C44H44N8O6. The molecule has 4 heterocycles. The van der Waals surface area contributed by atoms with E-state index in [0.717, 1.165) is 59.1 Å². The maximum atomic E-state index is 14.0. The number of benzene rings is 4. The zero-order valence-corrected chi connectivity index (χ0v) is 32.2. The number of hydrogen-bond acceptors (Lipinski definition) is 8. The zero-order chi connectivity index (χ0) is 40.2. The number of H-pyrrole nitrogens is 2. The van der Waals surface area contributed by atoms with E-state index in [9.17, 15) is 19.2 Å². The lowest BCUT2D eigenvalue weighted by Gasteiger charge is -2.28. The van der Waals surface area contributed by atoms with Crippen LogP contribution in [0.3, 0.4) is 0 Å². The van der Waals surface area contributed by atoms with E-state index in [1.165, 1.54) is 14.2 Å². The molecule has 14 nitrogen and oxygen atoms in total. The van der Waals surface area contributed by atoms with Crippen LogP contribution in [0.4, 0.5) is 9.59 Å². The molecule has 14 heteroatoms. The number of carbonyl (C=O) groups excluding carboxylic acids is 4. The third-order valence-corrected chi connectivity index (χ3v) is 11.0. The Kier molecular flexibility index (Phi) is 10.9. The van der Waals surface area contributed by atoms with Crippen LogP contribution >= 0.6 is 0 Å². The van der Waals surface area contributed by atoms with E-state index in [-0.39, 0.29) is 23.9 Å². The number of methoxy groups -OCH3 is 2. The first kappa shape index (κ1) is 37.9. The van der Waals surface area contributed by atoms with Gasteiger partial charge in [-0.2, -0.15) is 0 Å². The van der Waals surface area contributed by atoms with E-state index in [1.807, 2.05) is 103 Å². The van der Waals surface area contributed by atoms with Crippen LogP contribution < -0.4 is 10.6 Å². The van der Waals surface area contributed by atoms with Gasteiger partial charge in [0.25, 0.3) is 11.8 Å². The van der Waals surface area contributed by atoms with Crippen molar-refractivity contribution in [2.75, 3.05) is 27.3 Å². The third kappa shape index (κ3) is 7.73. The summed E-state index contributed by atoms with van der Waals surface area (Å²) in [6, 6.07) is 30.2. The number of nitrogens with zero attached hydrogens (tertiary/aromatic N) is 4. The fourth-order valence-corrected chi connectivity index (χ4v) is 8.04. The summed E-state index contributed by atoms with van der Waals surface area (Å²) in [4.78, 5) is 72.5. The fourth-order valence-electron chi connectivity index (χ4n) is 8.04. The number of aromatic amines is 2. The zero-order valence-electron chi connectivity index (χ0n) is 32.2. The number of hydrogen-bond donors (Lipinski definition) is 4. The average Bonchev–Trinajstić information content (AvgIpc) is 4.11. The van der Waals surface area contributed by atoms with Crippen molar-refractivity contribution >= 4 is 35.0 Å². The Balaban J connectivity index is 0.972. The molecule has 0 aliphatic carbocycles. The minimum atomic E-state index is -0.891. The molecule has 2 aliphatic rings. The summed E-state index contributed by atoms with van der Waals surface area (Å²) < 4.78 is 9.66. The number of amides is 4. The molecular weight excluding hydrogens is 737 g/mol. The molecule has 4 amide bonds. The van der Waals surface area contributed by atoms with Gasteiger partial charge in [0.15, 0.2) is 0 Å². The Labute approximate surface area is 335 Å². The van der Waals surface area contributed by atoms with Crippen molar-refractivity contribution in [3.8, 4) is 22.4 Å². The molecule has 2 aliphatic heterocycles. The summed E-state index contributed by atoms with van der Waals surface area (Å²) in [5, 5.41) is 5.42. The van der Waals surface area contributed by atoms with Crippen LogP contribution in [-0.2, 0) is 19.1 Å². The first-order valence-electron chi connectivity index (χ1n) is 19.4. The predicted octanol–water partition coefficient (Wildman–Crippen LogP) is 7.14. The van der Waals surface area contributed by atoms with Gasteiger partial charge in [-0.05, 0) is 60.1 Å². The van der Waals surface area contributed by atoms with E-state index < -0.39 is 24.3 Å². The van der Waals surface area contributed by atoms with Crippen LogP contribution in [0.25, 0.3) is 33.4 Å². The van der Waals surface area contributed by atoms with Gasteiger partial charge in [-0.25, -0.2) is 19.6 Å². The lowest BCUT2D eigenvalue weighted by atomic mass is 10.0. The summed E-state index contributed by atoms with van der Waals surface area (Å²) >= 11 is 0. The van der Waals surface area contributed by atoms with Gasteiger partial charge in [-0.15, -0.1) is 0 Å². The summed E-state index contributed by atoms with van der Waals surface area (Å²) in [7, 11) is 2.55. The molecule has 4 aromatic carbocycles. The second-order valence-corrected chi connectivity index (χ2v) is 14.4. The van der Waals surface area contributed by atoms with Crippen LogP contribution in [0.15, 0.2) is 109 Å². The van der Waals surface area contributed by atoms with E-state index in [0.29, 0.717) is 35.9 Å². The molecule has 4 N–H and O–H groups in total. The van der Waals surface area contributed by atoms with Crippen molar-refractivity contribution in [3.63, 3.8) is 0 Å². The molecule has 0 spiro atoms. The first-order chi connectivity index (χ1) is 28.3. The monoisotopic (exact) mass is 780 g/mol. The number of imidazole rings is 2. The maximum absolute atomic E-state index is 14.0. The van der Waals surface area contributed by atoms with Crippen LogP contribution in [0.5, 0.6) is 0 Å². The summed E-state index contributed by atoms with van der Waals surface area (Å²) in [5.41, 5.74) is 6.67. The molecule has 58 heavy (non-hydrogen) atoms. The highest BCUT2D eigenvalue weighted by atomic mass is 16.5. The normalized spacial score (nSPS) is 17.5. The van der Waals surface area contributed by atoms with Crippen molar-refractivity contribution in [2.45, 2.75) is 49.9 Å². The van der Waals surface area contributed by atoms with Gasteiger partial charge in [-0.1, -0.05) is 91.0 Å². The Morgan fingerprint density at radius 3 is 1.72 bits per heavy atom. The lowest BCUT2D eigenvalue weighted by molar-refractivity contribution is -0.135. The number of aromatic nitrogens is 4. The molecule has 6 aromatic rings. The van der Waals surface area contributed by atoms with E-state index in [4.69, 9.17) is 19.4 Å². The van der Waals surface area contributed by atoms with Crippen molar-refractivity contribution < 1.29 is 28.7 Å². The largest absolute Gasteiger partial charge is 0.453 e. The van der Waals surface area contributed by atoms with Crippen molar-refractivity contribution in [1.29, 1.82) is 0 Å². The quantitative estimate of drug-likeness (QED) is 0.113. The lowest BCUT2D eigenvalue weighted by Crippen LogP contribution is -2.42. The smallest absolute Gasteiger partial charge is 0.407 e. The number of fused-ring (bicyclic) bond motifs is 1. The number of likely N-dealkylation sites (tertiary alicyclic amines) is 2. The van der Waals surface area contributed by atoms with Gasteiger partial charge in [-0.3, -0.25) is 9.59 Å². The summed E-state index contributed by atoms with van der Waals surface area (Å²) in [6.45, 7) is 1.09. The van der Waals surface area contributed by atoms with Gasteiger partial charge in [0.2, 0.25) is 0 Å². The molecule has 1 unspecified atom stereocenters. The van der Waals surface area contributed by atoms with E-state index >= 15 is 0 Å². The molecule has 8 rings (SSSR count). The van der Waals surface area contributed by atoms with Gasteiger partial charge < -0.3 is 39.9 Å². The molecule has 4 atom stereocenters. The predicted molar refractivity (Wildman–Crippen MR) is 216 cm³/mol. The highest BCUT2D eigenvalue weighted by molar-refractivity contribution is 5.89. The first-order valence-corrected chi connectivity index (χ1v) is 19.4. The third-order valence-electron chi connectivity index (χ3n) is 11.0. The van der Waals surface area contributed by atoms with Gasteiger partial charge in [0.1, 0.15) is 23.7 Å². The second kappa shape index (κ2) is 16.6. The number of nitrogens with one attached hydrogen (secondary N) is 4. The van der Waals surface area contributed by atoms with Gasteiger partial charge >= 0.3 is 12.2 Å².